The topological polar surface area (TPSA) is 113 Å². The predicted octanol–water partition coefficient (Wildman–Crippen LogP) is 9.52. The number of nitrogens with zero attached hydrogens (tertiary/aromatic N) is 1. The van der Waals surface area contributed by atoms with Gasteiger partial charge in [0.2, 0.25) is 11.8 Å². The molecule has 7 aromatic rings. The molecule has 0 aliphatic rings. The van der Waals surface area contributed by atoms with Crippen LogP contribution in [0.15, 0.2) is 173 Å². The van der Waals surface area contributed by atoms with E-state index in [-0.39, 0.29) is 17.2 Å². The van der Waals surface area contributed by atoms with Crippen molar-refractivity contribution in [1.29, 1.82) is 0 Å². The maximum atomic E-state index is 14.5. The fourth-order valence-corrected chi connectivity index (χ4v) is 6.47. The van der Waals surface area contributed by atoms with E-state index >= 15 is 0 Å². The Labute approximate surface area is 308 Å². The average Bonchev–Trinajstić information content (AvgIpc) is 3.63. The van der Waals surface area contributed by atoms with Gasteiger partial charge in [-0.2, -0.15) is 0 Å². The Morgan fingerprint density at radius 2 is 1.30 bits per heavy atom. The summed E-state index contributed by atoms with van der Waals surface area (Å²) in [5.74, 6) is -1.41. The molecule has 1 atom stereocenters. The second-order valence-electron chi connectivity index (χ2n) is 11.8. The van der Waals surface area contributed by atoms with Gasteiger partial charge in [-0.15, -0.1) is 11.8 Å². The second-order valence-corrected chi connectivity index (χ2v) is 13.0. The van der Waals surface area contributed by atoms with Crippen molar-refractivity contribution in [3.8, 4) is 11.5 Å². The van der Waals surface area contributed by atoms with Crippen LogP contribution < -0.4 is 16.0 Å². The number of fused-ring (bicyclic) bond motifs is 1. The summed E-state index contributed by atoms with van der Waals surface area (Å²) in [6.45, 7) is 0. The SMILES string of the molecule is O=C(Nc1ccc(SC(C(=O)Nc2ccc(-c3nc4ccccc4o3)cc2)c2ccccc2)cc1)/C(=C/c1ccccc1F)NC(=O)c1ccccc1. The van der Waals surface area contributed by atoms with Crippen molar-refractivity contribution in [1.82, 2.24) is 10.3 Å². The van der Waals surface area contributed by atoms with Crippen LogP contribution in [-0.2, 0) is 9.59 Å². The molecule has 53 heavy (non-hydrogen) atoms. The van der Waals surface area contributed by atoms with Crippen LogP contribution in [0.3, 0.4) is 0 Å². The maximum absolute atomic E-state index is 14.5. The number of para-hydroxylation sites is 2. The molecule has 10 heteroatoms. The first-order chi connectivity index (χ1) is 25.9. The van der Waals surface area contributed by atoms with Crippen molar-refractivity contribution in [2.45, 2.75) is 10.1 Å². The average molecular weight is 719 g/mol. The zero-order valence-electron chi connectivity index (χ0n) is 28.0. The van der Waals surface area contributed by atoms with Gasteiger partial charge in [0.05, 0.1) is 0 Å². The molecule has 7 rings (SSSR count). The quantitative estimate of drug-likeness (QED) is 0.0907. The van der Waals surface area contributed by atoms with Gasteiger partial charge < -0.3 is 20.4 Å². The number of amides is 3. The third-order valence-corrected chi connectivity index (χ3v) is 9.40. The number of rotatable bonds is 11. The molecule has 1 heterocycles. The van der Waals surface area contributed by atoms with Gasteiger partial charge in [0.25, 0.3) is 11.8 Å². The molecule has 0 bridgehead atoms. The molecular formula is C43H31FN4O4S. The molecular weight excluding hydrogens is 688 g/mol. The van der Waals surface area contributed by atoms with Crippen LogP contribution in [0.2, 0.25) is 0 Å². The van der Waals surface area contributed by atoms with Gasteiger partial charge in [0.15, 0.2) is 5.58 Å². The van der Waals surface area contributed by atoms with E-state index in [4.69, 9.17) is 4.42 Å². The Kier molecular flexibility index (Phi) is 10.5. The van der Waals surface area contributed by atoms with E-state index in [2.05, 4.69) is 20.9 Å². The van der Waals surface area contributed by atoms with Gasteiger partial charge in [-0.1, -0.05) is 78.9 Å². The van der Waals surface area contributed by atoms with Crippen LogP contribution in [-0.4, -0.2) is 22.7 Å². The van der Waals surface area contributed by atoms with Gasteiger partial charge in [-0.25, -0.2) is 9.37 Å². The van der Waals surface area contributed by atoms with E-state index in [1.807, 2.05) is 78.9 Å². The summed E-state index contributed by atoms with van der Waals surface area (Å²) >= 11 is 1.36. The number of aromatic nitrogens is 1. The summed E-state index contributed by atoms with van der Waals surface area (Å²) in [6.07, 6.45) is 1.29. The van der Waals surface area contributed by atoms with Crippen molar-refractivity contribution in [3.63, 3.8) is 0 Å². The van der Waals surface area contributed by atoms with Gasteiger partial charge in [0.1, 0.15) is 22.3 Å². The van der Waals surface area contributed by atoms with E-state index in [9.17, 15) is 18.8 Å². The van der Waals surface area contributed by atoms with Crippen molar-refractivity contribution in [2.75, 3.05) is 10.6 Å². The Morgan fingerprint density at radius 1 is 0.679 bits per heavy atom. The minimum Gasteiger partial charge on any atom is -0.436 e. The van der Waals surface area contributed by atoms with Gasteiger partial charge in [-0.3, -0.25) is 14.4 Å². The minimum atomic E-state index is -0.637. The molecule has 0 aliphatic carbocycles. The lowest BCUT2D eigenvalue weighted by Gasteiger charge is -2.18. The summed E-state index contributed by atoms with van der Waals surface area (Å²) in [5.41, 5.74) is 4.47. The van der Waals surface area contributed by atoms with Crippen molar-refractivity contribution >= 4 is 58.0 Å². The minimum absolute atomic E-state index is 0.134. The molecule has 8 nitrogen and oxygen atoms in total. The van der Waals surface area contributed by atoms with E-state index in [0.717, 1.165) is 21.5 Å². The first kappa shape index (κ1) is 34.7. The summed E-state index contributed by atoms with van der Waals surface area (Å²) in [7, 11) is 0. The number of carbonyl (C=O) groups is 3. The molecule has 260 valence electrons. The highest BCUT2D eigenvalue weighted by molar-refractivity contribution is 8.00. The lowest BCUT2D eigenvalue weighted by molar-refractivity contribution is -0.116. The highest BCUT2D eigenvalue weighted by Crippen LogP contribution is 2.37. The molecule has 6 aromatic carbocycles. The van der Waals surface area contributed by atoms with Crippen molar-refractivity contribution < 1.29 is 23.2 Å². The van der Waals surface area contributed by atoms with Crippen LogP contribution in [0, 0.1) is 5.82 Å². The molecule has 0 fully saturated rings. The number of benzene rings is 6. The van der Waals surface area contributed by atoms with Crippen LogP contribution in [0.4, 0.5) is 15.8 Å². The number of halogens is 1. The fourth-order valence-electron chi connectivity index (χ4n) is 5.44. The zero-order chi connectivity index (χ0) is 36.6. The molecule has 0 spiro atoms. The Bertz CT molecular complexity index is 2380. The first-order valence-electron chi connectivity index (χ1n) is 16.6. The van der Waals surface area contributed by atoms with Gasteiger partial charge >= 0.3 is 0 Å². The molecule has 0 saturated carbocycles. The lowest BCUT2D eigenvalue weighted by Crippen LogP contribution is -2.30. The highest BCUT2D eigenvalue weighted by atomic mass is 32.2. The lowest BCUT2D eigenvalue weighted by atomic mass is 10.1. The summed E-state index contributed by atoms with van der Waals surface area (Å²) in [5, 5.41) is 7.84. The molecule has 0 saturated heterocycles. The number of oxazole rings is 1. The van der Waals surface area contributed by atoms with Crippen LogP contribution in [0.25, 0.3) is 28.6 Å². The molecule has 0 aliphatic heterocycles. The number of hydrogen-bond acceptors (Lipinski definition) is 6. The number of carbonyl (C=O) groups excluding carboxylic acids is 3. The third kappa shape index (κ3) is 8.58. The molecule has 1 unspecified atom stereocenters. The van der Waals surface area contributed by atoms with Crippen molar-refractivity contribution in [2.24, 2.45) is 0 Å². The highest BCUT2D eigenvalue weighted by Gasteiger charge is 2.23. The summed E-state index contributed by atoms with van der Waals surface area (Å²) < 4.78 is 20.4. The van der Waals surface area contributed by atoms with Crippen LogP contribution >= 0.6 is 11.8 Å². The Hall–Kier alpha value is -6.78. The monoisotopic (exact) mass is 718 g/mol. The van der Waals surface area contributed by atoms with E-state index < -0.39 is 22.9 Å². The van der Waals surface area contributed by atoms with E-state index in [1.54, 1.807) is 66.7 Å². The van der Waals surface area contributed by atoms with Crippen molar-refractivity contribution in [3.05, 3.63) is 186 Å². The standard InChI is InChI=1S/C43H31FN4O4S/c44-35-16-8-7-15-31(35)27-37(47-40(49)29-13-5-2-6-14-29)41(50)45-33-23-25-34(26-24-33)53-39(28-11-3-1-4-12-28)42(51)46-32-21-19-30(20-22-32)43-48-36-17-9-10-18-38(36)52-43/h1-27,39H,(H,45,50)(H,46,51)(H,47,49)/b37-27-. The normalized spacial score (nSPS) is 11.8. The second kappa shape index (κ2) is 16.1. The summed E-state index contributed by atoms with van der Waals surface area (Å²) in [4.78, 5) is 45.5. The predicted molar refractivity (Wildman–Crippen MR) is 206 cm³/mol. The Balaban J connectivity index is 1.05. The van der Waals surface area contributed by atoms with E-state index in [1.165, 1.54) is 30.0 Å². The number of hydrogen-bond donors (Lipinski definition) is 3. The van der Waals surface area contributed by atoms with E-state index in [0.29, 0.717) is 28.4 Å². The number of thioether (sulfide) groups is 1. The molecule has 1 aromatic heterocycles. The molecule has 0 radical (unpaired) electrons. The number of anilines is 2. The Morgan fingerprint density at radius 3 is 2.02 bits per heavy atom. The smallest absolute Gasteiger partial charge is 0.272 e. The maximum Gasteiger partial charge on any atom is 0.272 e. The fraction of sp³-hybridized carbons (Fsp3) is 0.0233. The molecule has 3 N–H and O–H groups in total. The molecule has 3 amide bonds. The largest absolute Gasteiger partial charge is 0.436 e. The zero-order valence-corrected chi connectivity index (χ0v) is 28.8. The van der Waals surface area contributed by atoms with Gasteiger partial charge in [-0.05, 0) is 90.5 Å². The third-order valence-electron chi connectivity index (χ3n) is 8.13. The first-order valence-corrected chi connectivity index (χ1v) is 17.5. The van der Waals surface area contributed by atoms with Crippen LogP contribution in [0.5, 0.6) is 0 Å². The van der Waals surface area contributed by atoms with Crippen LogP contribution in [0.1, 0.15) is 26.7 Å². The number of nitrogens with one attached hydrogen (secondary N) is 3. The summed E-state index contributed by atoms with van der Waals surface area (Å²) in [6, 6.07) is 45.7. The van der Waals surface area contributed by atoms with Gasteiger partial charge in [0, 0.05) is 33.0 Å².